The summed E-state index contributed by atoms with van der Waals surface area (Å²) in [4.78, 5) is 15.9. The molecule has 0 aliphatic carbocycles. The van der Waals surface area contributed by atoms with E-state index in [0.29, 0.717) is 12.4 Å². The topological polar surface area (TPSA) is 80.0 Å². The highest BCUT2D eigenvalue weighted by molar-refractivity contribution is 5.90. The zero-order valence-electron chi connectivity index (χ0n) is 11.4. The van der Waals surface area contributed by atoms with Gasteiger partial charge in [0.2, 0.25) is 5.89 Å². The van der Waals surface area contributed by atoms with Crippen LogP contribution < -0.4 is 10.6 Å². The van der Waals surface area contributed by atoms with Gasteiger partial charge >= 0.3 is 0 Å². The lowest BCUT2D eigenvalue weighted by atomic mass is 10.2. The fourth-order valence-corrected chi connectivity index (χ4v) is 2.20. The van der Waals surface area contributed by atoms with Gasteiger partial charge in [-0.15, -0.1) is 0 Å². The first-order valence-electron chi connectivity index (χ1n) is 7.16. The molecule has 1 fully saturated rings. The highest BCUT2D eigenvalue weighted by Crippen LogP contribution is 2.20. The number of hydrogen-bond donors (Lipinski definition) is 2. The maximum atomic E-state index is 11.8. The average Bonchev–Trinajstić information content (AvgIpc) is 3.08. The summed E-state index contributed by atoms with van der Waals surface area (Å²) in [6.45, 7) is 3.80. The minimum absolute atomic E-state index is 0.110. The molecule has 1 aliphatic heterocycles. The molecule has 1 atom stereocenters. The summed E-state index contributed by atoms with van der Waals surface area (Å²) >= 11 is 0. The van der Waals surface area contributed by atoms with Crippen LogP contribution in [0.15, 0.2) is 4.52 Å². The van der Waals surface area contributed by atoms with Crippen molar-refractivity contribution in [1.82, 2.24) is 20.8 Å². The van der Waals surface area contributed by atoms with Crippen LogP contribution in [0, 0.1) is 0 Å². The zero-order valence-corrected chi connectivity index (χ0v) is 11.4. The molecule has 1 aliphatic rings. The fourth-order valence-electron chi connectivity index (χ4n) is 2.20. The van der Waals surface area contributed by atoms with E-state index in [9.17, 15) is 4.79 Å². The van der Waals surface area contributed by atoms with Gasteiger partial charge in [0.1, 0.15) is 0 Å². The lowest BCUT2D eigenvalue weighted by Gasteiger charge is -2.02. The van der Waals surface area contributed by atoms with E-state index in [-0.39, 0.29) is 17.8 Å². The molecule has 0 bridgehead atoms. The molecule has 0 spiro atoms. The largest absolute Gasteiger partial charge is 0.349 e. The van der Waals surface area contributed by atoms with Crippen molar-refractivity contribution in [3.05, 3.63) is 11.7 Å². The van der Waals surface area contributed by atoms with Gasteiger partial charge in [-0.2, -0.15) is 4.98 Å². The standard InChI is InChI=1S/C13H22N4O2/c1-2-3-4-5-8-15-12(18)11-16-13(19-17-11)10-7-6-9-14-10/h10,14H,2-9H2,1H3,(H,15,18). The first-order chi connectivity index (χ1) is 9.31. The number of amides is 1. The summed E-state index contributed by atoms with van der Waals surface area (Å²) in [5, 5.41) is 9.82. The Hall–Kier alpha value is -1.43. The highest BCUT2D eigenvalue weighted by atomic mass is 16.5. The van der Waals surface area contributed by atoms with Gasteiger partial charge in [0, 0.05) is 6.54 Å². The minimum atomic E-state index is -0.246. The number of carbonyl (C=O) groups is 1. The van der Waals surface area contributed by atoms with Crippen LogP contribution in [0.4, 0.5) is 0 Å². The lowest BCUT2D eigenvalue weighted by Crippen LogP contribution is -2.25. The molecule has 1 aromatic heterocycles. The maximum Gasteiger partial charge on any atom is 0.292 e. The number of nitrogens with zero attached hydrogens (tertiary/aromatic N) is 2. The fraction of sp³-hybridized carbons (Fsp3) is 0.769. The molecule has 6 heteroatoms. The van der Waals surface area contributed by atoms with Gasteiger partial charge in [-0.3, -0.25) is 4.79 Å². The van der Waals surface area contributed by atoms with Crippen LogP contribution in [0.3, 0.4) is 0 Å². The second kappa shape index (κ2) is 7.23. The van der Waals surface area contributed by atoms with E-state index in [2.05, 4.69) is 27.7 Å². The van der Waals surface area contributed by atoms with Gasteiger partial charge in [-0.05, 0) is 25.8 Å². The number of unbranched alkanes of at least 4 members (excludes halogenated alkanes) is 3. The molecule has 2 rings (SSSR count). The first-order valence-corrected chi connectivity index (χ1v) is 7.16. The number of aromatic nitrogens is 2. The molecule has 1 saturated heterocycles. The normalized spacial score (nSPS) is 18.7. The summed E-state index contributed by atoms with van der Waals surface area (Å²) in [5.74, 6) is 0.414. The van der Waals surface area contributed by atoms with Crippen LogP contribution in [-0.4, -0.2) is 29.1 Å². The summed E-state index contributed by atoms with van der Waals surface area (Å²) in [5.41, 5.74) is 0. The summed E-state index contributed by atoms with van der Waals surface area (Å²) in [6.07, 6.45) is 6.62. The van der Waals surface area contributed by atoms with Crippen LogP contribution in [-0.2, 0) is 0 Å². The predicted molar refractivity (Wildman–Crippen MR) is 70.8 cm³/mol. The first kappa shape index (κ1) is 14.0. The molecular weight excluding hydrogens is 244 g/mol. The van der Waals surface area contributed by atoms with Gasteiger partial charge in [-0.1, -0.05) is 31.3 Å². The monoisotopic (exact) mass is 266 g/mol. The Morgan fingerprint density at radius 1 is 1.47 bits per heavy atom. The maximum absolute atomic E-state index is 11.8. The third-order valence-corrected chi connectivity index (χ3v) is 3.32. The quantitative estimate of drug-likeness (QED) is 0.736. The van der Waals surface area contributed by atoms with Crippen LogP contribution >= 0.6 is 0 Å². The van der Waals surface area contributed by atoms with Gasteiger partial charge in [0.05, 0.1) is 6.04 Å². The lowest BCUT2D eigenvalue weighted by molar-refractivity contribution is 0.0939. The van der Waals surface area contributed by atoms with Gasteiger partial charge in [-0.25, -0.2) is 0 Å². The predicted octanol–water partition coefficient (Wildman–Crippen LogP) is 1.80. The summed E-state index contributed by atoms with van der Waals surface area (Å²) < 4.78 is 5.13. The molecule has 0 saturated carbocycles. The molecule has 1 aromatic rings. The molecule has 0 aromatic carbocycles. The van der Waals surface area contributed by atoms with E-state index in [4.69, 9.17) is 4.52 Å². The Labute approximate surface area is 113 Å². The highest BCUT2D eigenvalue weighted by Gasteiger charge is 2.24. The Balaban J connectivity index is 1.76. The molecule has 1 unspecified atom stereocenters. The number of nitrogens with one attached hydrogen (secondary N) is 2. The van der Waals surface area contributed by atoms with Crippen molar-refractivity contribution in [2.75, 3.05) is 13.1 Å². The van der Waals surface area contributed by atoms with Crippen LogP contribution in [0.1, 0.15) is 68.0 Å². The number of hydrogen-bond acceptors (Lipinski definition) is 5. The van der Waals surface area contributed by atoms with Crippen molar-refractivity contribution in [1.29, 1.82) is 0 Å². The van der Waals surface area contributed by atoms with Crippen LogP contribution in [0.5, 0.6) is 0 Å². The van der Waals surface area contributed by atoms with Crippen molar-refractivity contribution in [3.8, 4) is 0 Å². The van der Waals surface area contributed by atoms with Crippen molar-refractivity contribution in [2.24, 2.45) is 0 Å². The molecule has 1 amide bonds. The van der Waals surface area contributed by atoms with Crippen molar-refractivity contribution in [2.45, 2.75) is 51.5 Å². The molecule has 6 nitrogen and oxygen atoms in total. The molecular formula is C13H22N4O2. The summed E-state index contributed by atoms with van der Waals surface area (Å²) in [6, 6.07) is 0.110. The van der Waals surface area contributed by atoms with E-state index in [0.717, 1.165) is 32.2 Å². The molecule has 0 radical (unpaired) electrons. The Kier molecular flexibility index (Phi) is 5.32. The van der Waals surface area contributed by atoms with E-state index < -0.39 is 0 Å². The van der Waals surface area contributed by atoms with Gasteiger partial charge < -0.3 is 15.2 Å². The molecule has 106 valence electrons. The Morgan fingerprint density at radius 3 is 3.11 bits per heavy atom. The van der Waals surface area contributed by atoms with E-state index in [1.807, 2.05) is 0 Å². The van der Waals surface area contributed by atoms with Crippen molar-refractivity contribution >= 4 is 5.91 Å². The summed E-state index contributed by atoms with van der Waals surface area (Å²) in [7, 11) is 0. The Bertz CT molecular complexity index is 399. The second-order valence-electron chi connectivity index (χ2n) is 4.92. The SMILES string of the molecule is CCCCCCNC(=O)c1noc(C2CCCN2)n1. The third-order valence-electron chi connectivity index (χ3n) is 3.32. The Morgan fingerprint density at radius 2 is 2.37 bits per heavy atom. The van der Waals surface area contributed by atoms with Crippen molar-refractivity contribution < 1.29 is 9.32 Å². The molecule has 2 heterocycles. The number of rotatable bonds is 7. The molecule has 2 N–H and O–H groups in total. The van der Waals surface area contributed by atoms with E-state index >= 15 is 0 Å². The van der Waals surface area contributed by atoms with Gasteiger partial charge in [0.25, 0.3) is 11.7 Å². The van der Waals surface area contributed by atoms with Crippen molar-refractivity contribution in [3.63, 3.8) is 0 Å². The second-order valence-corrected chi connectivity index (χ2v) is 4.92. The molecule has 19 heavy (non-hydrogen) atoms. The smallest absolute Gasteiger partial charge is 0.292 e. The van der Waals surface area contributed by atoms with E-state index in [1.54, 1.807) is 0 Å². The number of carbonyl (C=O) groups excluding carboxylic acids is 1. The third kappa shape index (κ3) is 4.02. The zero-order chi connectivity index (χ0) is 13.5. The van der Waals surface area contributed by atoms with Gasteiger partial charge in [0.15, 0.2) is 0 Å². The average molecular weight is 266 g/mol. The van der Waals surface area contributed by atoms with E-state index in [1.165, 1.54) is 12.8 Å². The minimum Gasteiger partial charge on any atom is -0.349 e. The van der Waals surface area contributed by atoms with Crippen LogP contribution in [0.25, 0.3) is 0 Å². The van der Waals surface area contributed by atoms with Crippen LogP contribution in [0.2, 0.25) is 0 Å².